The molecule has 0 saturated heterocycles. The van der Waals surface area contributed by atoms with E-state index in [1.165, 1.54) is 17.4 Å². The highest BCUT2D eigenvalue weighted by Gasteiger charge is 2.22. The minimum atomic E-state index is -0.688. The molecule has 1 heterocycles. The Morgan fingerprint density at radius 3 is 2.74 bits per heavy atom. The third-order valence-corrected chi connectivity index (χ3v) is 4.19. The average Bonchev–Trinajstić information content (AvgIpc) is 2.99. The fraction of sp³-hybridized carbons (Fsp3) is 0.333. The number of hydrogen-bond donors (Lipinski definition) is 1. The average molecular weight is 335 g/mol. The van der Waals surface area contributed by atoms with E-state index in [1.807, 2.05) is 19.2 Å². The van der Waals surface area contributed by atoms with Crippen molar-refractivity contribution in [3.63, 3.8) is 0 Å². The molecule has 2 aromatic rings. The van der Waals surface area contributed by atoms with Crippen molar-refractivity contribution in [2.75, 3.05) is 6.54 Å². The smallest absolute Gasteiger partial charge is 0.310 e. The van der Waals surface area contributed by atoms with Gasteiger partial charge < -0.3 is 10.0 Å². The van der Waals surface area contributed by atoms with Gasteiger partial charge in [-0.25, -0.2) is 4.98 Å². The Labute approximate surface area is 137 Å². The molecule has 23 heavy (non-hydrogen) atoms. The molecule has 7 nitrogen and oxygen atoms in total. The fourth-order valence-electron chi connectivity index (χ4n) is 2.16. The van der Waals surface area contributed by atoms with Gasteiger partial charge in [0.25, 0.3) is 5.91 Å². The molecule has 0 fully saturated rings. The first-order chi connectivity index (χ1) is 10.9. The van der Waals surface area contributed by atoms with E-state index in [1.54, 1.807) is 11.1 Å². The molecular formula is C15H17N3O4S. The van der Waals surface area contributed by atoms with Crippen LogP contribution in [-0.4, -0.2) is 38.4 Å². The molecule has 8 heteroatoms. The lowest BCUT2D eigenvalue weighted by Crippen LogP contribution is -2.38. The molecule has 0 atom stereocenters. The summed E-state index contributed by atoms with van der Waals surface area (Å²) in [4.78, 5) is 28.5. The summed E-state index contributed by atoms with van der Waals surface area (Å²) in [6.45, 7) is 4.28. The minimum absolute atomic E-state index is 0.0419. The lowest BCUT2D eigenvalue weighted by Gasteiger charge is -2.26. The van der Waals surface area contributed by atoms with Crippen molar-refractivity contribution in [1.29, 1.82) is 0 Å². The number of amides is 1. The van der Waals surface area contributed by atoms with Crippen molar-refractivity contribution < 1.29 is 14.8 Å². The van der Waals surface area contributed by atoms with E-state index < -0.39 is 16.4 Å². The Morgan fingerprint density at radius 2 is 2.22 bits per heavy atom. The monoisotopic (exact) mass is 335 g/mol. The number of phenols is 1. The number of nitro groups is 1. The third-order valence-electron chi connectivity index (χ3n) is 3.35. The van der Waals surface area contributed by atoms with E-state index in [9.17, 15) is 20.0 Å². The second kappa shape index (κ2) is 7.19. The molecule has 0 aliphatic carbocycles. The zero-order valence-electron chi connectivity index (χ0n) is 12.8. The van der Waals surface area contributed by atoms with Crippen LogP contribution in [0.25, 0.3) is 0 Å². The van der Waals surface area contributed by atoms with Crippen LogP contribution in [0.5, 0.6) is 5.75 Å². The second-order valence-corrected chi connectivity index (χ2v) is 6.21. The lowest BCUT2D eigenvalue weighted by atomic mass is 10.1. The molecule has 1 amide bonds. The molecule has 0 aliphatic rings. The Morgan fingerprint density at radius 1 is 1.48 bits per heavy atom. The summed E-state index contributed by atoms with van der Waals surface area (Å²) in [5.41, 5.74) is -0.193. The number of carbonyl (C=O) groups is 1. The number of rotatable bonds is 6. The lowest BCUT2D eigenvalue weighted by molar-refractivity contribution is -0.385. The SMILES string of the molecule is CC(C)N(CCc1nccs1)C(=O)c1ccc([N+](=O)[O-])c(O)c1. The van der Waals surface area contributed by atoms with Gasteiger partial charge in [0.2, 0.25) is 0 Å². The maximum Gasteiger partial charge on any atom is 0.310 e. The van der Waals surface area contributed by atoms with Gasteiger partial charge in [-0.05, 0) is 26.0 Å². The molecule has 0 radical (unpaired) electrons. The van der Waals surface area contributed by atoms with Gasteiger partial charge in [-0.2, -0.15) is 0 Å². The van der Waals surface area contributed by atoms with Crippen LogP contribution < -0.4 is 0 Å². The molecule has 0 unspecified atom stereocenters. The predicted molar refractivity (Wildman–Crippen MR) is 86.8 cm³/mol. The summed E-state index contributed by atoms with van der Waals surface area (Å²) in [5, 5.41) is 23.2. The van der Waals surface area contributed by atoms with E-state index in [0.717, 1.165) is 17.1 Å². The molecule has 2 rings (SSSR count). The van der Waals surface area contributed by atoms with Gasteiger partial charge in [0, 0.05) is 42.2 Å². The zero-order valence-corrected chi connectivity index (χ0v) is 13.6. The van der Waals surface area contributed by atoms with E-state index in [0.29, 0.717) is 13.0 Å². The molecule has 0 saturated carbocycles. The largest absolute Gasteiger partial charge is 0.502 e. The number of hydrogen-bond acceptors (Lipinski definition) is 6. The highest BCUT2D eigenvalue weighted by atomic mass is 32.1. The summed E-state index contributed by atoms with van der Waals surface area (Å²) in [5.74, 6) is -0.786. The Bertz CT molecular complexity index is 701. The van der Waals surface area contributed by atoms with Crippen molar-refractivity contribution in [2.45, 2.75) is 26.3 Å². The zero-order chi connectivity index (χ0) is 17.0. The van der Waals surface area contributed by atoms with Crippen LogP contribution in [0.2, 0.25) is 0 Å². The summed E-state index contributed by atoms with van der Waals surface area (Å²) in [6.07, 6.45) is 2.36. The summed E-state index contributed by atoms with van der Waals surface area (Å²) < 4.78 is 0. The van der Waals surface area contributed by atoms with Crippen molar-refractivity contribution in [3.8, 4) is 5.75 Å². The minimum Gasteiger partial charge on any atom is -0.502 e. The topological polar surface area (TPSA) is 96.6 Å². The maximum atomic E-state index is 12.6. The molecule has 0 aliphatic heterocycles. The number of nitro benzene ring substituents is 1. The number of benzene rings is 1. The highest BCUT2D eigenvalue weighted by molar-refractivity contribution is 7.09. The fourth-order valence-corrected chi connectivity index (χ4v) is 2.77. The van der Waals surface area contributed by atoms with E-state index in [2.05, 4.69) is 4.98 Å². The third kappa shape index (κ3) is 4.04. The highest BCUT2D eigenvalue weighted by Crippen LogP contribution is 2.27. The Balaban J connectivity index is 2.17. The quantitative estimate of drug-likeness (QED) is 0.647. The van der Waals surface area contributed by atoms with Gasteiger partial charge >= 0.3 is 5.69 Å². The van der Waals surface area contributed by atoms with Crippen LogP contribution in [0.1, 0.15) is 29.2 Å². The molecule has 1 aromatic carbocycles. The van der Waals surface area contributed by atoms with Gasteiger partial charge in [-0.1, -0.05) is 0 Å². The number of nitrogens with zero attached hydrogens (tertiary/aromatic N) is 3. The van der Waals surface area contributed by atoms with Crippen LogP contribution in [0.15, 0.2) is 29.8 Å². The first-order valence-electron chi connectivity index (χ1n) is 7.07. The Kier molecular flexibility index (Phi) is 5.28. The second-order valence-electron chi connectivity index (χ2n) is 5.23. The summed E-state index contributed by atoms with van der Waals surface area (Å²) in [7, 11) is 0. The van der Waals surface area contributed by atoms with Gasteiger partial charge in [0.05, 0.1) is 9.93 Å². The number of phenolic OH excluding ortho intramolecular Hbond substituents is 1. The van der Waals surface area contributed by atoms with Gasteiger partial charge in [-0.15, -0.1) is 11.3 Å². The van der Waals surface area contributed by atoms with E-state index >= 15 is 0 Å². The van der Waals surface area contributed by atoms with Crippen molar-refractivity contribution in [3.05, 3.63) is 50.5 Å². The first kappa shape index (κ1) is 16.9. The van der Waals surface area contributed by atoms with Crippen LogP contribution in [0, 0.1) is 10.1 Å². The predicted octanol–water partition coefficient (Wildman–Crippen LogP) is 2.85. The van der Waals surface area contributed by atoms with Crippen LogP contribution >= 0.6 is 11.3 Å². The molecule has 1 aromatic heterocycles. The Hall–Kier alpha value is -2.48. The van der Waals surface area contributed by atoms with Crippen LogP contribution in [-0.2, 0) is 6.42 Å². The molecular weight excluding hydrogens is 318 g/mol. The molecule has 122 valence electrons. The normalized spacial score (nSPS) is 10.7. The number of carbonyl (C=O) groups excluding carboxylic acids is 1. The van der Waals surface area contributed by atoms with Gasteiger partial charge in [0.15, 0.2) is 5.75 Å². The maximum absolute atomic E-state index is 12.6. The van der Waals surface area contributed by atoms with E-state index in [-0.39, 0.29) is 17.5 Å². The van der Waals surface area contributed by atoms with Crippen molar-refractivity contribution in [1.82, 2.24) is 9.88 Å². The van der Waals surface area contributed by atoms with Gasteiger partial charge in [0.1, 0.15) is 0 Å². The summed E-state index contributed by atoms with van der Waals surface area (Å²) in [6, 6.07) is 3.60. The first-order valence-corrected chi connectivity index (χ1v) is 7.95. The summed E-state index contributed by atoms with van der Waals surface area (Å²) >= 11 is 1.53. The molecule has 0 spiro atoms. The van der Waals surface area contributed by atoms with E-state index in [4.69, 9.17) is 0 Å². The van der Waals surface area contributed by atoms with Crippen molar-refractivity contribution in [2.24, 2.45) is 0 Å². The van der Waals surface area contributed by atoms with Crippen molar-refractivity contribution >= 4 is 22.9 Å². The molecule has 0 bridgehead atoms. The standard InChI is InChI=1S/C15H17N3O4S/c1-10(2)17(7-5-14-16-6-8-23-14)15(20)11-3-4-12(18(21)22)13(19)9-11/h3-4,6,8-10,19H,5,7H2,1-2H3. The van der Waals surface area contributed by atoms with Crippen LogP contribution in [0.4, 0.5) is 5.69 Å². The number of aromatic hydroxyl groups is 1. The van der Waals surface area contributed by atoms with Gasteiger partial charge in [-0.3, -0.25) is 14.9 Å². The number of thiazole rings is 1. The number of aromatic nitrogens is 1. The van der Waals surface area contributed by atoms with Crippen LogP contribution in [0.3, 0.4) is 0 Å². The molecule has 1 N–H and O–H groups in total.